The van der Waals surface area contributed by atoms with Gasteiger partial charge in [0.2, 0.25) is 0 Å². The van der Waals surface area contributed by atoms with E-state index in [2.05, 4.69) is 67.1 Å². The molecular formula is C55H76F24O22Rf8-8. The molecule has 8 unspecified atom stereocenters. The molecule has 0 rings (SSSR count). The third-order valence-corrected chi connectivity index (χ3v) is 10.1. The summed E-state index contributed by atoms with van der Waals surface area (Å²) in [6.07, 6.45) is -43.8. The van der Waals surface area contributed by atoms with Crippen LogP contribution in [0.2, 0.25) is 0 Å². The molecule has 0 N–H and O–H groups in total. The van der Waals surface area contributed by atoms with Crippen molar-refractivity contribution in [2.45, 2.75) is 118 Å². The van der Waals surface area contributed by atoms with Gasteiger partial charge in [-0.1, -0.05) is 73.1 Å². The zero-order valence-electron chi connectivity index (χ0n) is 60.6. The minimum absolute atomic E-state index is 0. The fraction of sp³-hybridized carbons (Fsp3) is 0.691. The summed E-state index contributed by atoms with van der Waals surface area (Å²) in [5.41, 5.74) is 0.0467. The summed E-state index contributed by atoms with van der Waals surface area (Å²) in [5, 5.41) is 0. The molecule has 0 aliphatic carbocycles. The molecule has 620 valence electrons. The van der Waals surface area contributed by atoms with E-state index >= 15 is 0 Å². The van der Waals surface area contributed by atoms with Gasteiger partial charge in [0, 0.05) is 66.5 Å². The molecule has 109 heavy (non-hydrogen) atoms. The summed E-state index contributed by atoms with van der Waals surface area (Å²) in [6.45, 7) is -1.70. The quantitative estimate of drug-likeness (QED) is 0.0181. The van der Waals surface area contributed by atoms with Crippen LogP contribution < -0.4 is 0 Å². The van der Waals surface area contributed by atoms with Crippen LogP contribution in [0.5, 0.6) is 0 Å². The fourth-order valence-electron chi connectivity index (χ4n) is 5.22. The van der Waals surface area contributed by atoms with Crippen molar-refractivity contribution in [2.24, 2.45) is 0 Å². The molecule has 0 amide bonds. The molecule has 0 aromatic rings. The predicted molar refractivity (Wildman–Crippen MR) is 293 cm³/mol. The van der Waals surface area contributed by atoms with Crippen molar-refractivity contribution >= 4 is 17.9 Å². The van der Waals surface area contributed by atoms with Crippen molar-refractivity contribution in [1.29, 1.82) is 0 Å². The number of alkyl halides is 16. The molecule has 22 nitrogen and oxygen atoms in total. The zero-order chi connectivity index (χ0) is 79.7. The average Bonchev–Trinajstić information content (AvgIpc) is 0.881. The van der Waals surface area contributed by atoms with Gasteiger partial charge < -0.3 is 125 Å². The summed E-state index contributed by atoms with van der Waals surface area (Å²) < 4.78 is 379. The number of ether oxygens (including phenoxy) is 19. The summed E-state index contributed by atoms with van der Waals surface area (Å²) in [5.74, 6) is -2.60. The van der Waals surface area contributed by atoms with Crippen LogP contribution in [0.3, 0.4) is 0 Å². The molecule has 0 saturated carbocycles. The third-order valence-electron chi connectivity index (χ3n) is 10.1. The first-order valence-electron chi connectivity index (χ1n) is 27.0. The van der Waals surface area contributed by atoms with Crippen LogP contribution in [-0.2, 0) is 104 Å². The minimum Gasteiger partial charge on any atom is -0.454 e. The van der Waals surface area contributed by atoms with Crippen molar-refractivity contribution in [3.8, 4) is 0 Å². The maximum Gasteiger partial charge on any atom is 0.333 e. The Morgan fingerprint density at radius 1 is 0.275 bits per heavy atom. The molecule has 0 aromatic heterocycles. The number of carbonyl (C=O) groups excluding carboxylic acids is 3. The molecule has 0 heterocycles. The Labute approximate surface area is 564 Å². The van der Waals surface area contributed by atoms with Gasteiger partial charge >= 0.3 is 17.9 Å². The average molecular weight is 3680 g/mol. The van der Waals surface area contributed by atoms with E-state index in [9.17, 15) is 120 Å². The van der Waals surface area contributed by atoms with E-state index in [1.54, 1.807) is 0 Å². The molecule has 0 saturated heterocycles. The third kappa shape index (κ3) is 64.6. The van der Waals surface area contributed by atoms with Gasteiger partial charge in [-0.3, -0.25) is 0 Å². The number of halogens is 24. The molecule has 8 atom stereocenters. The van der Waals surface area contributed by atoms with Gasteiger partial charge in [0.05, 0.1) is 79.3 Å². The SMILES string of the molecule is C=C(C)C(=O)OC(COC(F)(F)[CH-]F)C(COC(F)(F)[CH-]F)OC.C=C(C)C(=O)OC(COC)COC(F)(F)[CH-]F.C=C(C)C(=O)OC(COC)COCC(COC(F)(F)[CH-]F)OC(F)(F)[CH-]F.COC(COC(F)(F)[CH-]F)C(COC(F)(F)[CH-]F)OC.COCC(COC(F)(F)[CH-]F)OC.[Rf].[Rf].[Rf].[Rf].[Rf].[Rf].[Rf].[Rf]. The van der Waals surface area contributed by atoms with Crippen molar-refractivity contribution < 1.29 is 210 Å². The van der Waals surface area contributed by atoms with Crippen LogP contribution in [0.15, 0.2) is 36.5 Å². The van der Waals surface area contributed by atoms with Crippen LogP contribution in [0.4, 0.5) is 105 Å². The molecule has 0 aliphatic heterocycles. The first-order chi connectivity index (χ1) is 46.5. The number of rotatable bonds is 53. The van der Waals surface area contributed by atoms with Crippen LogP contribution in [0.25, 0.3) is 0 Å². The second-order valence-electron chi connectivity index (χ2n) is 18.7. The second kappa shape index (κ2) is 62.7. The van der Waals surface area contributed by atoms with E-state index in [0.29, 0.717) is 0 Å². The van der Waals surface area contributed by atoms with Crippen LogP contribution in [-0.4, -0.2) is 245 Å². The summed E-state index contributed by atoms with van der Waals surface area (Å²) in [4.78, 5) is 34.0. The zero-order valence-corrected chi connectivity index (χ0v) is 112. The van der Waals surface area contributed by atoms with Crippen LogP contribution in [0, 0.1) is 53.4 Å². The standard InChI is InChI=1S/C15H20F6O6.C13H16F6O5.C10H14F6O4.C10H14F3O4.C7H12F3O3.8Rf/c1-10(2)13(22)26-11(4-23-3)5-24-6-12(27-15(20,21)9-17)7-25-14(18,19)8-16;1-8(2)11(20)24-10(5-23-13(18,19)7-15)9(21-3)4-22-12(16,17)6-14;1-17-7(3-19-9(13,14)5-11)8(18-2)4-20-10(15,16)6-12;1-7(2)9(14)17-8(4-15-3)5-16-10(12,13)6-11;1-11-3-6(12-2)4-13-7(9,10)5-8;;;;;;;;/h8-9,11-12H,1,4-7H2,2-3H3;6-7,9-10H,1,4-5H2,2-3H3;5-8H,3-4H2,1-2H3;6,8H,1,4-5H2,2-3H3;5-6H,3-4H2,1-2H3;;;;;;;;/q3*-2;2*-1;;;;;;;;. The van der Waals surface area contributed by atoms with Crippen LogP contribution in [0.1, 0.15) is 20.8 Å². The number of methoxy groups -OCH3 is 7. The van der Waals surface area contributed by atoms with Crippen molar-refractivity contribution in [3.05, 3.63) is 89.9 Å². The first kappa shape index (κ1) is 126. The molecular weight excluding hydrogens is 3600 g/mol. The van der Waals surface area contributed by atoms with Gasteiger partial charge in [0.1, 0.15) is 42.7 Å². The summed E-state index contributed by atoms with van der Waals surface area (Å²) in [7, 11) is 8.39. The van der Waals surface area contributed by atoms with E-state index in [1.165, 1.54) is 49.2 Å². The van der Waals surface area contributed by atoms with E-state index in [0.717, 1.165) is 21.3 Å². The Morgan fingerprint density at radius 3 is 0.716 bits per heavy atom. The molecule has 0 bridgehead atoms. The van der Waals surface area contributed by atoms with Gasteiger partial charge in [0.15, 0.2) is 6.10 Å². The smallest absolute Gasteiger partial charge is 0.333 e. The Bertz CT molecular complexity index is 2220. The van der Waals surface area contributed by atoms with Gasteiger partial charge in [-0.2, -0.15) is 0 Å². The van der Waals surface area contributed by atoms with E-state index in [1.807, 2.05) is 0 Å². The Kier molecular flexibility index (Phi) is 72.5. The van der Waals surface area contributed by atoms with E-state index in [4.69, 9.17) is 42.6 Å². The van der Waals surface area contributed by atoms with Crippen molar-refractivity contribution in [1.82, 2.24) is 0 Å². The Balaban J connectivity index is -0.0000000960. The molecule has 0 fully saturated rings. The maximum atomic E-state index is 12.9. The first-order valence-corrected chi connectivity index (χ1v) is 27.0. The minimum atomic E-state index is -4.41. The number of hydrogen-bond donors (Lipinski definition) is 0. The molecule has 0 aliphatic rings. The van der Waals surface area contributed by atoms with Gasteiger partial charge in [0.25, 0.3) is 48.9 Å². The van der Waals surface area contributed by atoms with Crippen molar-refractivity contribution in [3.63, 3.8) is 0 Å². The van der Waals surface area contributed by atoms with Gasteiger partial charge in [-0.05, 0) is 20.8 Å². The second-order valence-corrected chi connectivity index (χ2v) is 18.7. The monoisotopic (exact) mass is 3680 g/mol. The topological polar surface area (TPSA) is 227 Å². The van der Waals surface area contributed by atoms with E-state index < -0.39 is 228 Å². The molecule has 0 spiro atoms. The maximum absolute atomic E-state index is 12.9. The summed E-state index contributed by atoms with van der Waals surface area (Å²) in [6, 6.07) is 0. The predicted octanol–water partition coefficient (Wildman–Crippen LogP) is 11.7. The largest absolute Gasteiger partial charge is 0.454 e. The number of carbonyl (C=O) groups is 3. The van der Waals surface area contributed by atoms with Gasteiger partial charge in [-0.15, -0.1) is 0 Å². The van der Waals surface area contributed by atoms with Crippen LogP contribution >= 0.6 is 0 Å². The van der Waals surface area contributed by atoms with Crippen molar-refractivity contribution in [2.75, 3.05) is 129 Å². The van der Waals surface area contributed by atoms with Gasteiger partial charge in [-0.25, -0.2) is 84.6 Å². The molecule has 0 radical (unpaired) electrons. The Morgan fingerprint density at radius 2 is 0.477 bits per heavy atom. The Hall–Kier alpha value is -12.7. The number of esters is 3. The number of hydrogen-bond acceptors (Lipinski definition) is 22. The normalized spacial score (nSPS) is 13.7. The van der Waals surface area contributed by atoms with E-state index in [-0.39, 0.29) is 36.5 Å². The fourth-order valence-corrected chi connectivity index (χ4v) is 5.22. The molecule has 54 heteroatoms. The summed E-state index contributed by atoms with van der Waals surface area (Å²) >= 11 is 0. The molecule has 0 aromatic carbocycles.